The fourth-order valence-electron chi connectivity index (χ4n) is 2.10. The van der Waals surface area contributed by atoms with Crippen molar-refractivity contribution in [2.75, 3.05) is 6.61 Å². The molecule has 0 bridgehead atoms. The van der Waals surface area contributed by atoms with Gasteiger partial charge in [-0.2, -0.15) is 0 Å². The van der Waals surface area contributed by atoms with Crippen molar-refractivity contribution in [3.8, 4) is 11.1 Å². The first-order chi connectivity index (χ1) is 10.1. The number of ether oxygens (including phenoxy) is 1. The molecular formula is C17H16O4. The lowest BCUT2D eigenvalue weighted by atomic mass is 9.97. The third-order valence-corrected chi connectivity index (χ3v) is 3.05. The fourth-order valence-corrected chi connectivity index (χ4v) is 2.10. The number of carboxylic acids is 1. The van der Waals surface area contributed by atoms with Crippen molar-refractivity contribution in [3.05, 3.63) is 59.7 Å². The lowest BCUT2D eigenvalue weighted by molar-refractivity contribution is -0.136. The fraction of sp³-hybridized carbons (Fsp3) is 0.176. The molecule has 0 aliphatic heterocycles. The maximum atomic E-state index is 12.0. The van der Waals surface area contributed by atoms with E-state index < -0.39 is 11.9 Å². The number of carbonyl (C=O) groups is 2. The number of carbonyl (C=O) groups excluding carboxylic acids is 1. The van der Waals surface area contributed by atoms with Crippen molar-refractivity contribution in [3.63, 3.8) is 0 Å². The van der Waals surface area contributed by atoms with Gasteiger partial charge in [0, 0.05) is 0 Å². The van der Waals surface area contributed by atoms with Gasteiger partial charge in [-0.15, -0.1) is 0 Å². The van der Waals surface area contributed by atoms with Crippen LogP contribution < -0.4 is 0 Å². The Bertz CT molecular complexity index is 647. The summed E-state index contributed by atoms with van der Waals surface area (Å²) < 4.78 is 5.01. The Morgan fingerprint density at radius 3 is 2.38 bits per heavy atom. The van der Waals surface area contributed by atoms with E-state index in [4.69, 9.17) is 9.84 Å². The number of rotatable bonds is 5. The minimum atomic E-state index is -0.979. The van der Waals surface area contributed by atoms with E-state index in [1.54, 1.807) is 19.1 Å². The van der Waals surface area contributed by atoms with Crippen LogP contribution in [0.4, 0.5) is 0 Å². The largest absolute Gasteiger partial charge is 0.481 e. The maximum absolute atomic E-state index is 12.0. The van der Waals surface area contributed by atoms with Gasteiger partial charge in [-0.3, -0.25) is 4.79 Å². The molecule has 0 aliphatic rings. The zero-order chi connectivity index (χ0) is 15.2. The highest BCUT2D eigenvalue weighted by atomic mass is 16.5. The Kier molecular flexibility index (Phi) is 4.72. The van der Waals surface area contributed by atoms with Gasteiger partial charge >= 0.3 is 11.9 Å². The van der Waals surface area contributed by atoms with Crippen LogP contribution >= 0.6 is 0 Å². The lowest BCUT2D eigenvalue weighted by Gasteiger charge is -2.10. The molecule has 0 saturated heterocycles. The van der Waals surface area contributed by atoms with E-state index >= 15 is 0 Å². The third-order valence-electron chi connectivity index (χ3n) is 3.05. The Balaban J connectivity index is 2.45. The van der Waals surface area contributed by atoms with Gasteiger partial charge in [0.1, 0.15) is 0 Å². The van der Waals surface area contributed by atoms with E-state index in [1.165, 1.54) is 0 Å². The number of benzene rings is 2. The van der Waals surface area contributed by atoms with Gasteiger partial charge in [0.2, 0.25) is 0 Å². The molecule has 108 valence electrons. The molecule has 0 atom stereocenters. The molecule has 0 aromatic heterocycles. The Morgan fingerprint density at radius 1 is 1.05 bits per heavy atom. The molecule has 0 radical (unpaired) electrons. The van der Waals surface area contributed by atoms with E-state index in [1.807, 2.05) is 36.4 Å². The van der Waals surface area contributed by atoms with Crippen LogP contribution in [0.5, 0.6) is 0 Å². The van der Waals surface area contributed by atoms with Crippen molar-refractivity contribution >= 4 is 11.9 Å². The molecule has 4 heteroatoms. The van der Waals surface area contributed by atoms with Crippen LogP contribution in [-0.4, -0.2) is 23.7 Å². The molecule has 0 amide bonds. The van der Waals surface area contributed by atoms with E-state index in [0.717, 1.165) is 11.1 Å². The molecule has 2 rings (SSSR count). The van der Waals surface area contributed by atoms with Gasteiger partial charge in [-0.1, -0.05) is 42.5 Å². The minimum absolute atomic E-state index is 0.205. The third kappa shape index (κ3) is 3.69. The maximum Gasteiger partial charge on any atom is 0.338 e. The molecule has 2 aromatic carbocycles. The van der Waals surface area contributed by atoms with Gasteiger partial charge in [0.05, 0.1) is 18.6 Å². The average molecular weight is 284 g/mol. The first kappa shape index (κ1) is 14.8. The summed E-state index contributed by atoms with van der Waals surface area (Å²) in [5.41, 5.74) is 2.58. The Morgan fingerprint density at radius 2 is 1.76 bits per heavy atom. The van der Waals surface area contributed by atoms with Crippen LogP contribution in [0.25, 0.3) is 11.1 Å². The smallest absolute Gasteiger partial charge is 0.338 e. The average Bonchev–Trinajstić information content (AvgIpc) is 2.48. The van der Waals surface area contributed by atoms with E-state index in [-0.39, 0.29) is 13.0 Å². The summed E-state index contributed by atoms with van der Waals surface area (Å²) in [6.45, 7) is 1.97. The second-order valence-corrected chi connectivity index (χ2v) is 4.53. The summed E-state index contributed by atoms with van der Waals surface area (Å²) in [6, 6.07) is 14.8. The molecule has 21 heavy (non-hydrogen) atoms. The van der Waals surface area contributed by atoms with Crippen molar-refractivity contribution in [1.29, 1.82) is 0 Å². The Labute approximate surface area is 123 Å². The molecule has 0 spiro atoms. The highest BCUT2D eigenvalue weighted by Crippen LogP contribution is 2.23. The first-order valence-corrected chi connectivity index (χ1v) is 6.69. The molecule has 0 heterocycles. The van der Waals surface area contributed by atoms with Crippen LogP contribution in [0.3, 0.4) is 0 Å². The lowest BCUT2D eigenvalue weighted by Crippen LogP contribution is -2.11. The predicted octanol–water partition coefficient (Wildman–Crippen LogP) is 3.16. The van der Waals surface area contributed by atoms with Crippen LogP contribution in [0.2, 0.25) is 0 Å². The van der Waals surface area contributed by atoms with Gasteiger partial charge < -0.3 is 9.84 Å². The molecular weight excluding hydrogens is 268 g/mol. The second kappa shape index (κ2) is 6.70. The van der Waals surface area contributed by atoms with Gasteiger partial charge in [-0.05, 0) is 29.7 Å². The topological polar surface area (TPSA) is 63.6 Å². The SMILES string of the molecule is CCOC(=O)c1cc(-c2ccccc2)ccc1CC(=O)O. The highest BCUT2D eigenvalue weighted by Gasteiger charge is 2.16. The summed E-state index contributed by atoms with van der Waals surface area (Å²) in [5, 5.41) is 8.94. The molecule has 2 aromatic rings. The first-order valence-electron chi connectivity index (χ1n) is 6.69. The van der Waals surface area contributed by atoms with E-state index in [9.17, 15) is 9.59 Å². The second-order valence-electron chi connectivity index (χ2n) is 4.53. The monoisotopic (exact) mass is 284 g/mol. The number of aliphatic carboxylic acids is 1. The van der Waals surface area contributed by atoms with E-state index in [2.05, 4.69) is 0 Å². The molecule has 4 nitrogen and oxygen atoms in total. The number of carboxylic acid groups (broad SMARTS) is 1. The summed E-state index contributed by atoms with van der Waals surface area (Å²) >= 11 is 0. The van der Waals surface area contributed by atoms with Crippen molar-refractivity contribution in [2.45, 2.75) is 13.3 Å². The quantitative estimate of drug-likeness (QED) is 0.857. The number of hydrogen-bond acceptors (Lipinski definition) is 3. The number of esters is 1. The van der Waals surface area contributed by atoms with Crippen molar-refractivity contribution < 1.29 is 19.4 Å². The minimum Gasteiger partial charge on any atom is -0.481 e. The Hall–Kier alpha value is -2.62. The molecule has 0 unspecified atom stereocenters. The molecule has 0 saturated carbocycles. The van der Waals surface area contributed by atoms with E-state index in [0.29, 0.717) is 11.1 Å². The van der Waals surface area contributed by atoms with Crippen molar-refractivity contribution in [2.24, 2.45) is 0 Å². The zero-order valence-corrected chi connectivity index (χ0v) is 11.7. The molecule has 1 N–H and O–H groups in total. The van der Waals surface area contributed by atoms with Crippen LogP contribution in [0, 0.1) is 0 Å². The molecule has 0 aliphatic carbocycles. The standard InChI is InChI=1S/C17H16O4/c1-2-21-17(20)15-10-13(12-6-4-3-5-7-12)8-9-14(15)11-16(18)19/h3-10H,2,11H2,1H3,(H,18,19). The van der Waals surface area contributed by atoms with Gasteiger partial charge in [0.15, 0.2) is 0 Å². The zero-order valence-electron chi connectivity index (χ0n) is 11.7. The normalized spacial score (nSPS) is 10.1. The van der Waals surface area contributed by atoms with Crippen molar-refractivity contribution in [1.82, 2.24) is 0 Å². The summed E-state index contributed by atoms with van der Waals surface area (Å²) in [6.07, 6.45) is -0.205. The highest BCUT2D eigenvalue weighted by molar-refractivity contribution is 5.94. The van der Waals surface area contributed by atoms with Gasteiger partial charge in [-0.25, -0.2) is 4.79 Å². The number of hydrogen-bond donors (Lipinski definition) is 1. The predicted molar refractivity (Wildman–Crippen MR) is 79.2 cm³/mol. The van der Waals surface area contributed by atoms with Crippen LogP contribution in [0.1, 0.15) is 22.8 Å². The summed E-state index contributed by atoms with van der Waals surface area (Å²) in [7, 11) is 0. The van der Waals surface area contributed by atoms with Gasteiger partial charge in [0.25, 0.3) is 0 Å². The summed E-state index contributed by atoms with van der Waals surface area (Å²) in [4.78, 5) is 22.9. The van der Waals surface area contributed by atoms with Crippen LogP contribution in [-0.2, 0) is 16.0 Å². The van der Waals surface area contributed by atoms with Crippen LogP contribution in [0.15, 0.2) is 48.5 Å². The summed E-state index contributed by atoms with van der Waals surface area (Å²) in [5.74, 6) is -1.47. The molecule has 0 fully saturated rings.